The molecule has 0 unspecified atom stereocenters. The molecule has 6 nitrogen and oxygen atoms in total. The van der Waals surface area contributed by atoms with Gasteiger partial charge in [0.25, 0.3) is 5.91 Å². The molecule has 0 spiro atoms. The Labute approximate surface area is 172 Å². The highest BCUT2D eigenvalue weighted by Gasteiger charge is 2.26. The lowest BCUT2D eigenvalue weighted by Crippen LogP contribution is -2.33. The Morgan fingerprint density at radius 2 is 1.79 bits per heavy atom. The lowest BCUT2D eigenvalue weighted by atomic mass is 10.0. The molecule has 2 aromatic rings. The molecular weight excluding hydrogens is 388 g/mol. The Balaban J connectivity index is 1.89. The third kappa shape index (κ3) is 4.97. The third-order valence-corrected chi connectivity index (χ3v) is 6.77. The SMILES string of the molecule is COc1ccc(C(=O)Nc2ccccc2C(C)C)cc1S(=O)(=O)NC1CCCC1. The van der Waals surface area contributed by atoms with Crippen LogP contribution in [0.15, 0.2) is 47.4 Å². The van der Waals surface area contributed by atoms with E-state index in [1.54, 1.807) is 6.07 Å². The summed E-state index contributed by atoms with van der Waals surface area (Å²) in [4.78, 5) is 12.8. The Kier molecular flexibility index (Phi) is 6.59. The summed E-state index contributed by atoms with van der Waals surface area (Å²) in [5.41, 5.74) is 2.00. The van der Waals surface area contributed by atoms with Crippen LogP contribution >= 0.6 is 0 Å². The summed E-state index contributed by atoms with van der Waals surface area (Å²) in [5, 5.41) is 2.90. The summed E-state index contributed by atoms with van der Waals surface area (Å²) in [6, 6.07) is 12.0. The van der Waals surface area contributed by atoms with Gasteiger partial charge in [-0.1, -0.05) is 44.9 Å². The highest BCUT2D eigenvalue weighted by molar-refractivity contribution is 7.89. The van der Waals surface area contributed by atoms with E-state index in [9.17, 15) is 13.2 Å². The van der Waals surface area contributed by atoms with Crippen LogP contribution in [0.5, 0.6) is 5.75 Å². The molecule has 1 amide bonds. The normalized spacial score (nSPS) is 14.9. The zero-order chi connectivity index (χ0) is 21.0. The van der Waals surface area contributed by atoms with Crippen molar-refractivity contribution in [1.29, 1.82) is 0 Å². The smallest absolute Gasteiger partial charge is 0.255 e. The lowest BCUT2D eigenvalue weighted by Gasteiger charge is -2.16. The van der Waals surface area contributed by atoms with Gasteiger partial charge in [0.1, 0.15) is 10.6 Å². The first kappa shape index (κ1) is 21.3. The highest BCUT2D eigenvalue weighted by Crippen LogP contribution is 2.28. The van der Waals surface area contributed by atoms with E-state index >= 15 is 0 Å². The number of carbonyl (C=O) groups is 1. The van der Waals surface area contributed by atoms with E-state index in [-0.39, 0.29) is 34.1 Å². The lowest BCUT2D eigenvalue weighted by molar-refractivity contribution is 0.102. The van der Waals surface area contributed by atoms with Gasteiger partial charge in [-0.25, -0.2) is 13.1 Å². The summed E-state index contributed by atoms with van der Waals surface area (Å²) in [6.07, 6.45) is 3.69. The summed E-state index contributed by atoms with van der Waals surface area (Å²) in [6.45, 7) is 4.11. The van der Waals surface area contributed by atoms with Crippen molar-refractivity contribution in [3.63, 3.8) is 0 Å². The first-order chi connectivity index (χ1) is 13.8. The summed E-state index contributed by atoms with van der Waals surface area (Å²) in [7, 11) is -2.37. The molecule has 0 radical (unpaired) electrons. The maximum atomic E-state index is 12.9. The standard InChI is InChI=1S/C22H28N2O4S/c1-15(2)18-10-6-7-11-19(18)23-22(25)16-12-13-20(28-3)21(14-16)29(26,27)24-17-8-4-5-9-17/h6-7,10-15,17,24H,4-5,8-9H2,1-3H3,(H,23,25). The van der Waals surface area contributed by atoms with Crippen LogP contribution < -0.4 is 14.8 Å². The van der Waals surface area contributed by atoms with Crippen LogP contribution in [0.25, 0.3) is 0 Å². The average Bonchev–Trinajstić information content (AvgIpc) is 3.20. The van der Waals surface area contributed by atoms with Gasteiger partial charge in [0, 0.05) is 17.3 Å². The topological polar surface area (TPSA) is 84.5 Å². The number of rotatable bonds is 7. The molecule has 2 aromatic carbocycles. The van der Waals surface area contributed by atoms with Crippen molar-refractivity contribution < 1.29 is 17.9 Å². The van der Waals surface area contributed by atoms with E-state index in [4.69, 9.17) is 4.74 Å². The van der Waals surface area contributed by atoms with Crippen molar-refractivity contribution >= 4 is 21.6 Å². The van der Waals surface area contributed by atoms with Crippen molar-refractivity contribution in [2.45, 2.75) is 56.4 Å². The minimum atomic E-state index is -3.79. The van der Waals surface area contributed by atoms with Crippen LogP contribution in [-0.4, -0.2) is 27.5 Å². The number of para-hydroxylation sites is 1. The minimum Gasteiger partial charge on any atom is -0.495 e. The van der Waals surface area contributed by atoms with Gasteiger partial charge in [-0.15, -0.1) is 0 Å². The van der Waals surface area contributed by atoms with Gasteiger partial charge in [0.05, 0.1) is 7.11 Å². The Bertz CT molecular complexity index is 980. The number of nitrogens with one attached hydrogen (secondary N) is 2. The number of amides is 1. The third-order valence-electron chi connectivity index (χ3n) is 5.22. The quantitative estimate of drug-likeness (QED) is 0.705. The molecule has 7 heteroatoms. The fraction of sp³-hybridized carbons (Fsp3) is 0.409. The van der Waals surface area contributed by atoms with E-state index in [2.05, 4.69) is 23.9 Å². The van der Waals surface area contributed by atoms with Gasteiger partial charge >= 0.3 is 0 Å². The fourth-order valence-electron chi connectivity index (χ4n) is 3.66. The molecule has 1 aliphatic carbocycles. The van der Waals surface area contributed by atoms with Crippen molar-refractivity contribution in [3.05, 3.63) is 53.6 Å². The van der Waals surface area contributed by atoms with E-state index in [0.29, 0.717) is 0 Å². The van der Waals surface area contributed by atoms with Gasteiger partial charge in [-0.3, -0.25) is 4.79 Å². The van der Waals surface area contributed by atoms with E-state index in [0.717, 1.165) is 36.9 Å². The predicted octanol–water partition coefficient (Wildman–Crippen LogP) is 4.29. The Morgan fingerprint density at radius 3 is 2.45 bits per heavy atom. The second kappa shape index (κ2) is 8.97. The summed E-state index contributed by atoms with van der Waals surface area (Å²) >= 11 is 0. The number of ether oxygens (including phenoxy) is 1. The molecule has 1 fully saturated rings. The molecule has 0 aliphatic heterocycles. The Hall–Kier alpha value is -2.38. The predicted molar refractivity (Wildman–Crippen MR) is 114 cm³/mol. The molecule has 0 aromatic heterocycles. The van der Waals surface area contributed by atoms with Gasteiger partial charge in [-0.05, 0) is 48.6 Å². The minimum absolute atomic E-state index is 0.0169. The average molecular weight is 417 g/mol. The van der Waals surface area contributed by atoms with E-state index in [1.165, 1.54) is 19.2 Å². The van der Waals surface area contributed by atoms with Crippen LogP contribution in [0.2, 0.25) is 0 Å². The molecule has 0 heterocycles. The molecule has 156 valence electrons. The van der Waals surface area contributed by atoms with Crippen molar-refractivity contribution in [1.82, 2.24) is 4.72 Å². The number of carbonyl (C=O) groups excluding carboxylic acids is 1. The number of anilines is 1. The molecular formula is C22H28N2O4S. The zero-order valence-electron chi connectivity index (χ0n) is 17.1. The van der Waals surface area contributed by atoms with Crippen LogP contribution in [0.3, 0.4) is 0 Å². The maximum absolute atomic E-state index is 12.9. The van der Waals surface area contributed by atoms with Gasteiger partial charge in [-0.2, -0.15) is 0 Å². The van der Waals surface area contributed by atoms with Gasteiger partial charge < -0.3 is 10.1 Å². The molecule has 1 aliphatic rings. The monoisotopic (exact) mass is 416 g/mol. The molecule has 0 atom stereocenters. The molecule has 0 saturated heterocycles. The largest absolute Gasteiger partial charge is 0.495 e. The molecule has 1 saturated carbocycles. The molecule has 3 rings (SSSR count). The fourth-order valence-corrected chi connectivity index (χ4v) is 5.16. The van der Waals surface area contributed by atoms with E-state index in [1.807, 2.05) is 24.3 Å². The zero-order valence-corrected chi connectivity index (χ0v) is 17.9. The van der Waals surface area contributed by atoms with Crippen LogP contribution in [-0.2, 0) is 10.0 Å². The summed E-state index contributed by atoms with van der Waals surface area (Å²) < 4.78 is 33.8. The van der Waals surface area contributed by atoms with Crippen LogP contribution in [0.1, 0.15) is 61.4 Å². The number of hydrogen-bond donors (Lipinski definition) is 2. The van der Waals surface area contributed by atoms with Crippen LogP contribution in [0, 0.1) is 0 Å². The van der Waals surface area contributed by atoms with Crippen molar-refractivity contribution in [3.8, 4) is 5.75 Å². The number of hydrogen-bond acceptors (Lipinski definition) is 4. The molecule has 29 heavy (non-hydrogen) atoms. The van der Waals surface area contributed by atoms with Gasteiger partial charge in [0.2, 0.25) is 10.0 Å². The van der Waals surface area contributed by atoms with Crippen molar-refractivity contribution in [2.24, 2.45) is 0 Å². The molecule has 2 N–H and O–H groups in total. The van der Waals surface area contributed by atoms with E-state index < -0.39 is 10.0 Å². The van der Waals surface area contributed by atoms with Gasteiger partial charge in [0.15, 0.2) is 0 Å². The second-order valence-corrected chi connectivity index (χ2v) is 9.35. The second-order valence-electron chi connectivity index (χ2n) is 7.66. The maximum Gasteiger partial charge on any atom is 0.255 e. The highest BCUT2D eigenvalue weighted by atomic mass is 32.2. The van der Waals surface area contributed by atoms with Crippen molar-refractivity contribution in [2.75, 3.05) is 12.4 Å². The number of sulfonamides is 1. The first-order valence-electron chi connectivity index (χ1n) is 9.92. The summed E-state index contributed by atoms with van der Waals surface area (Å²) in [5.74, 6) is 0.0987. The first-order valence-corrected chi connectivity index (χ1v) is 11.4. The molecule has 0 bridgehead atoms. The number of methoxy groups -OCH3 is 1. The number of benzene rings is 2. The van der Waals surface area contributed by atoms with Crippen LogP contribution in [0.4, 0.5) is 5.69 Å². The Morgan fingerprint density at radius 1 is 1.10 bits per heavy atom.